The van der Waals surface area contributed by atoms with Crippen molar-refractivity contribution in [1.82, 2.24) is 20.2 Å². The van der Waals surface area contributed by atoms with Gasteiger partial charge in [0, 0.05) is 6.42 Å². The van der Waals surface area contributed by atoms with Crippen molar-refractivity contribution in [3.63, 3.8) is 0 Å². The summed E-state index contributed by atoms with van der Waals surface area (Å²) in [5.74, 6) is -1.36. The number of hydrogen-bond donors (Lipinski definition) is 1. The number of thioether (sulfide) groups is 1. The van der Waals surface area contributed by atoms with Crippen LogP contribution in [0.25, 0.3) is 0 Å². The predicted molar refractivity (Wildman–Crippen MR) is 149 cm³/mol. The molecular formula is C27H30ClN5O6S. The minimum absolute atomic E-state index is 0.0768. The number of anilines is 1. The van der Waals surface area contributed by atoms with Crippen molar-refractivity contribution < 1.29 is 28.7 Å². The van der Waals surface area contributed by atoms with E-state index >= 15 is 0 Å². The van der Waals surface area contributed by atoms with Gasteiger partial charge >= 0.3 is 5.97 Å². The normalized spacial score (nSPS) is 11.5. The number of benzene rings is 2. The fourth-order valence-corrected chi connectivity index (χ4v) is 4.40. The quantitative estimate of drug-likeness (QED) is 0.176. The van der Waals surface area contributed by atoms with Crippen LogP contribution in [-0.2, 0) is 36.9 Å². The molecule has 1 amide bonds. The Morgan fingerprint density at radius 3 is 2.55 bits per heavy atom. The molecule has 0 aliphatic rings. The average molecular weight is 588 g/mol. The van der Waals surface area contributed by atoms with Crippen molar-refractivity contribution in [2.75, 3.05) is 11.9 Å². The number of halogens is 1. The number of aromatic nitrogens is 4. The molecule has 0 fully saturated rings. The van der Waals surface area contributed by atoms with Gasteiger partial charge in [-0.3, -0.25) is 19.2 Å². The SMILES string of the molecule is CCCOC(=O)Cn1nnnc1SC(=O)CCc1cc(C)ccc1OC(C(C)=O)C(=O)Nc1cc(C)ccc1Cl. The monoisotopic (exact) mass is 587 g/mol. The summed E-state index contributed by atoms with van der Waals surface area (Å²) in [5, 5.41) is 14.0. The van der Waals surface area contributed by atoms with Gasteiger partial charge in [0.2, 0.25) is 11.3 Å². The fraction of sp³-hybridized carbons (Fsp3) is 0.370. The number of carbonyl (C=O) groups excluding carboxylic acids is 4. The van der Waals surface area contributed by atoms with E-state index < -0.39 is 23.8 Å². The van der Waals surface area contributed by atoms with Gasteiger partial charge in [0.05, 0.1) is 17.3 Å². The Morgan fingerprint density at radius 2 is 1.82 bits per heavy atom. The first-order chi connectivity index (χ1) is 19.1. The summed E-state index contributed by atoms with van der Waals surface area (Å²) < 4.78 is 12.1. The maximum Gasteiger partial charge on any atom is 0.327 e. The Hall–Kier alpha value is -3.77. The number of amides is 1. The van der Waals surface area contributed by atoms with Crippen LogP contribution in [0.2, 0.25) is 5.02 Å². The highest BCUT2D eigenvalue weighted by atomic mass is 35.5. The standard InChI is InChI=1S/C27H30ClN5O6S/c1-5-12-38-23(35)15-33-27(30-31-32-33)40-24(36)11-8-19-13-16(2)7-10-22(19)39-25(18(4)34)26(37)29-21-14-17(3)6-9-20(21)28/h6-7,9-10,13-14,25H,5,8,11-12,15H2,1-4H3,(H,29,37). The number of esters is 1. The number of nitrogens with zero attached hydrogens (tertiary/aromatic N) is 4. The average Bonchev–Trinajstić information content (AvgIpc) is 3.33. The molecule has 0 saturated heterocycles. The smallest absolute Gasteiger partial charge is 0.327 e. The maximum atomic E-state index is 13.0. The van der Waals surface area contributed by atoms with Crippen molar-refractivity contribution in [1.29, 1.82) is 0 Å². The number of aryl methyl sites for hydroxylation is 3. The van der Waals surface area contributed by atoms with Crippen LogP contribution in [0.5, 0.6) is 5.75 Å². The van der Waals surface area contributed by atoms with E-state index in [1.54, 1.807) is 30.3 Å². The summed E-state index contributed by atoms with van der Waals surface area (Å²) in [6.07, 6.45) is -0.405. The van der Waals surface area contributed by atoms with Gasteiger partial charge in [0.25, 0.3) is 5.91 Å². The predicted octanol–water partition coefficient (Wildman–Crippen LogP) is 4.12. The molecule has 1 unspecified atom stereocenters. The molecule has 0 aliphatic carbocycles. The van der Waals surface area contributed by atoms with Gasteiger partial charge in [-0.1, -0.05) is 42.3 Å². The van der Waals surface area contributed by atoms with Gasteiger partial charge in [0.1, 0.15) is 12.3 Å². The van der Waals surface area contributed by atoms with E-state index in [-0.39, 0.29) is 36.3 Å². The van der Waals surface area contributed by atoms with E-state index in [9.17, 15) is 19.2 Å². The number of rotatable bonds is 13. The minimum Gasteiger partial charge on any atom is -0.472 e. The first kappa shape index (κ1) is 30.8. The summed E-state index contributed by atoms with van der Waals surface area (Å²) in [6.45, 7) is 6.95. The summed E-state index contributed by atoms with van der Waals surface area (Å²) in [7, 11) is 0. The van der Waals surface area contributed by atoms with Crippen LogP contribution in [0.4, 0.5) is 5.69 Å². The highest BCUT2D eigenvalue weighted by Gasteiger charge is 2.27. The molecule has 1 N–H and O–H groups in total. The minimum atomic E-state index is -1.43. The van der Waals surface area contributed by atoms with Crippen LogP contribution in [0.15, 0.2) is 41.6 Å². The highest BCUT2D eigenvalue weighted by molar-refractivity contribution is 8.13. The van der Waals surface area contributed by atoms with Crippen LogP contribution in [-0.4, -0.2) is 55.7 Å². The number of tetrazole rings is 1. The largest absolute Gasteiger partial charge is 0.472 e. The van der Waals surface area contributed by atoms with Crippen molar-refractivity contribution in [2.45, 2.75) is 64.8 Å². The van der Waals surface area contributed by atoms with Crippen molar-refractivity contribution >= 4 is 51.8 Å². The second-order valence-electron chi connectivity index (χ2n) is 9.01. The van der Waals surface area contributed by atoms with E-state index in [0.29, 0.717) is 28.4 Å². The van der Waals surface area contributed by atoms with Crippen LogP contribution < -0.4 is 10.1 Å². The van der Waals surface area contributed by atoms with E-state index in [1.807, 2.05) is 26.8 Å². The second kappa shape index (κ2) is 14.6. The van der Waals surface area contributed by atoms with Crippen LogP contribution in [0, 0.1) is 13.8 Å². The summed E-state index contributed by atoms with van der Waals surface area (Å²) in [6, 6.07) is 10.4. The van der Waals surface area contributed by atoms with Gasteiger partial charge in [0.15, 0.2) is 10.9 Å². The van der Waals surface area contributed by atoms with Gasteiger partial charge < -0.3 is 14.8 Å². The molecule has 13 heteroatoms. The van der Waals surface area contributed by atoms with E-state index in [2.05, 4.69) is 20.8 Å². The Labute approximate surface area is 240 Å². The molecule has 1 atom stereocenters. The third kappa shape index (κ3) is 8.88. The molecule has 1 aromatic heterocycles. The molecule has 0 radical (unpaired) electrons. The van der Waals surface area contributed by atoms with Crippen LogP contribution >= 0.6 is 23.4 Å². The molecule has 0 aliphatic heterocycles. The molecule has 0 saturated carbocycles. The molecule has 1 heterocycles. The van der Waals surface area contributed by atoms with Crippen molar-refractivity contribution in [2.24, 2.45) is 0 Å². The Kier molecular flexibility index (Phi) is 11.2. The zero-order valence-corrected chi connectivity index (χ0v) is 24.2. The first-order valence-electron chi connectivity index (χ1n) is 12.5. The van der Waals surface area contributed by atoms with Crippen LogP contribution in [0.3, 0.4) is 0 Å². The molecular weight excluding hydrogens is 558 g/mol. The Balaban J connectivity index is 1.68. The maximum absolute atomic E-state index is 13.0. The second-order valence-corrected chi connectivity index (χ2v) is 10.4. The van der Waals surface area contributed by atoms with Gasteiger partial charge in [-0.2, -0.15) is 0 Å². The fourth-order valence-electron chi connectivity index (χ4n) is 3.54. The Bertz CT molecular complexity index is 1400. The lowest BCUT2D eigenvalue weighted by atomic mass is 10.1. The molecule has 40 heavy (non-hydrogen) atoms. The van der Waals surface area contributed by atoms with Crippen LogP contribution in [0.1, 0.15) is 43.4 Å². The molecule has 2 aromatic carbocycles. The molecule has 0 bridgehead atoms. The van der Waals surface area contributed by atoms with Crippen molar-refractivity contribution in [3.05, 3.63) is 58.1 Å². The number of ether oxygens (including phenoxy) is 2. The highest BCUT2D eigenvalue weighted by Crippen LogP contribution is 2.27. The van der Waals surface area contributed by atoms with Gasteiger partial charge in [-0.25, -0.2) is 4.68 Å². The summed E-state index contributed by atoms with van der Waals surface area (Å²) in [5.41, 5.74) is 2.81. The van der Waals surface area contributed by atoms with Crippen molar-refractivity contribution in [3.8, 4) is 5.75 Å². The topological polar surface area (TPSA) is 142 Å². The number of nitrogens with one attached hydrogen (secondary N) is 1. The molecule has 11 nitrogen and oxygen atoms in total. The molecule has 0 spiro atoms. The number of carbonyl (C=O) groups is 4. The zero-order valence-electron chi connectivity index (χ0n) is 22.6. The van der Waals surface area contributed by atoms with E-state index in [0.717, 1.165) is 22.9 Å². The molecule has 3 rings (SSSR count). The zero-order chi connectivity index (χ0) is 29.2. The first-order valence-corrected chi connectivity index (χ1v) is 13.7. The van der Waals surface area contributed by atoms with Gasteiger partial charge in [-0.15, -0.1) is 5.10 Å². The van der Waals surface area contributed by atoms with Gasteiger partial charge in [-0.05, 0) is 85.1 Å². The van der Waals surface area contributed by atoms with E-state index in [1.165, 1.54) is 11.6 Å². The summed E-state index contributed by atoms with van der Waals surface area (Å²) in [4.78, 5) is 50.0. The molecule has 3 aromatic rings. The number of Topliss-reactive ketones (excluding diaryl/α,β-unsaturated/α-hetero) is 1. The van der Waals surface area contributed by atoms with E-state index in [4.69, 9.17) is 21.1 Å². The number of ketones is 1. The lowest BCUT2D eigenvalue weighted by Gasteiger charge is -2.19. The Morgan fingerprint density at radius 1 is 1.10 bits per heavy atom. The molecule has 212 valence electrons. The lowest BCUT2D eigenvalue weighted by Crippen LogP contribution is -2.39. The third-order valence-corrected chi connectivity index (χ3v) is 6.73. The third-order valence-electron chi connectivity index (χ3n) is 5.50. The lowest BCUT2D eigenvalue weighted by molar-refractivity contribution is -0.144. The summed E-state index contributed by atoms with van der Waals surface area (Å²) >= 11 is 7.00. The number of hydrogen-bond acceptors (Lipinski definition) is 10.